The second-order valence-electron chi connectivity index (χ2n) is 12.6. The molecule has 2 amide bonds. The summed E-state index contributed by atoms with van der Waals surface area (Å²) in [5, 5.41) is 5.68. The van der Waals surface area contributed by atoms with Crippen molar-refractivity contribution in [1.82, 2.24) is 10.6 Å². The zero-order valence-electron chi connectivity index (χ0n) is 28.8. The molecule has 0 aromatic carbocycles. The van der Waals surface area contributed by atoms with Crippen molar-refractivity contribution in [2.75, 3.05) is 13.2 Å². The van der Waals surface area contributed by atoms with E-state index < -0.39 is 24.3 Å². The average Bonchev–Trinajstić information content (AvgIpc) is 3.30. The van der Waals surface area contributed by atoms with Crippen LogP contribution in [0.1, 0.15) is 80.1 Å². The van der Waals surface area contributed by atoms with Gasteiger partial charge in [0.05, 0.1) is 19.1 Å². The van der Waals surface area contributed by atoms with Crippen LogP contribution in [0.5, 0.6) is 0 Å². The Balaban J connectivity index is 0.000000260. The van der Waals surface area contributed by atoms with Gasteiger partial charge in [-0.3, -0.25) is 14.4 Å². The van der Waals surface area contributed by atoms with Gasteiger partial charge in [-0.05, 0) is 104 Å². The number of carbonyl (C=O) groups is 6. The summed E-state index contributed by atoms with van der Waals surface area (Å²) in [6.07, 6.45) is 13.1. The minimum atomic E-state index is -0.475. The Kier molecular flexibility index (Phi) is 14.6. The van der Waals surface area contributed by atoms with Gasteiger partial charge in [-0.1, -0.05) is 23.8 Å². The summed E-state index contributed by atoms with van der Waals surface area (Å²) in [6.45, 7) is 10.8. The molecule has 3 aliphatic carbocycles. The van der Waals surface area contributed by atoms with Gasteiger partial charge >= 0.3 is 24.1 Å². The Labute approximate surface area is 282 Å². The molecular weight excluding hydrogens is 620 g/mol. The second-order valence-corrected chi connectivity index (χ2v) is 12.6. The highest BCUT2D eigenvalue weighted by molar-refractivity contribution is 5.87. The third-order valence-corrected chi connectivity index (χ3v) is 8.96. The number of Topliss-reactive ketones (excluding diaryl/α,β-unsaturated/α-hetero) is 1. The molecule has 1 heterocycles. The molecule has 8 atom stereocenters. The first kappa shape index (κ1) is 38.2. The minimum Gasteiger partial charge on any atom is -0.462 e. The van der Waals surface area contributed by atoms with Gasteiger partial charge in [-0.15, -0.1) is 0 Å². The molecule has 2 unspecified atom stereocenters. The molecule has 48 heavy (non-hydrogen) atoms. The lowest BCUT2D eigenvalue weighted by Gasteiger charge is -2.42. The third-order valence-electron chi connectivity index (χ3n) is 8.96. The van der Waals surface area contributed by atoms with Crippen LogP contribution in [0.15, 0.2) is 47.6 Å². The minimum absolute atomic E-state index is 0.00199. The Hall–Kier alpha value is -4.22. The number of ketones is 2. The van der Waals surface area contributed by atoms with Crippen molar-refractivity contribution in [1.29, 1.82) is 0 Å². The zero-order valence-corrected chi connectivity index (χ0v) is 28.8. The molecule has 4 rings (SSSR count). The van der Waals surface area contributed by atoms with E-state index >= 15 is 0 Å². The number of carbonyl (C=O) groups excluding carboxylic acids is 6. The average molecular weight is 671 g/mol. The fourth-order valence-corrected chi connectivity index (χ4v) is 6.95. The molecular formula is C36H50N2O10. The number of hydrogen-bond donors (Lipinski definition) is 2. The van der Waals surface area contributed by atoms with Gasteiger partial charge in [0.2, 0.25) is 0 Å². The smallest absolute Gasteiger partial charge is 0.407 e. The molecule has 0 spiro atoms. The molecule has 0 aromatic rings. The topological polar surface area (TPSA) is 163 Å². The Morgan fingerprint density at radius 3 is 2.21 bits per heavy atom. The van der Waals surface area contributed by atoms with E-state index in [2.05, 4.69) is 10.6 Å². The van der Waals surface area contributed by atoms with E-state index in [4.69, 9.17) is 18.9 Å². The molecule has 264 valence electrons. The summed E-state index contributed by atoms with van der Waals surface area (Å²) in [6, 6.07) is -0.00676. The fourth-order valence-electron chi connectivity index (χ4n) is 6.95. The first-order chi connectivity index (χ1) is 22.8. The molecule has 4 aliphatic rings. The number of nitrogens with one attached hydrogen (secondary N) is 2. The SMILES string of the molecule is CCOC(=O)N[C@@H]1CCC=C(/C=C/C(=O)OC(C)/C=C\C(C)=O)C1.CCOC(=O)N[C@@H]1CC[C@@H]2C(=C[C@H]3C(=O)OC(C)[C@H]3[C@H]2C(C)=O)C1. The summed E-state index contributed by atoms with van der Waals surface area (Å²) in [7, 11) is 0. The fraction of sp³-hybridized carbons (Fsp3) is 0.611. The van der Waals surface area contributed by atoms with E-state index in [0.717, 1.165) is 36.8 Å². The maximum atomic E-state index is 12.3. The van der Waals surface area contributed by atoms with Crippen molar-refractivity contribution < 1.29 is 47.7 Å². The van der Waals surface area contributed by atoms with E-state index in [9.17, 15) is 28.8 Å². The number of ether oxygens (including phenoxy) is 4. The molecule has 2 fully saturated rings. The molecule has 0 bridgehead atoms. The highest BCUT2D eigenvalue weighted by Gasteiger charge is 2.53. The monoisotopic (exact) mass is 670 g/mol. The Morgan fingerprint density at radius 1 is 0.958 bits per heavy atom. The van der Waals surface area contributed by atoms with Gasteiger partial charge in [0.25, 0.3) is 0 Å². The summed E-state index contributed by atoms with van der Waals surface area (Å²) < 4.78 is 20.3. The summed E-state index contributed by atoms with van der Waals surface area (Å²) in [4.78, 5) is 70.1. The van der Waals surface area contributed by atoms with E-state index in [-0.39, 0.29) is 59.4 Å². The van der Waals surface area contributed by atoms with Gasteiger partial charge in [-0.25, -0.2) is 14.4 Å². The van der Waals surface area contributed by atoms with Crippen LogP contribution in [0.2, 0.25) is 0 Å². The van der Waals surface area contributed by atoms with Crippen LogP contribution in [-0.2, 0) is 38.1 Å². The number of amides is 2. The highest BCUT2D eigenvalue weighted by atomic mass is 16.6. The van der Waals surface area contributed by atoms with Gasteiger partial charge in [-0.2, -0.15) is 0 Å². The first-order valence-corrected chi connectivity index (χ1v) is 16.9. The number of alkyl carbamates (subject to hydrolysis) is 2. The highest BCUT2D eigenvalue weighted by Crippen LogP contribution is 2.50. The van der Waals surface area contributed by atoms with Gasteiger partial charge in [0.15, 0.2) is 5.78 Å². The number of rotatable bonds is 10. The van der Waals surface area contributed by atoms with E-state index in [1.165, 1.54) is 25.2 Å². The van der Waals surface area contributed by atoms with Gasteiger partial charge in [0, 0.05) is 30.0 Å². The summed E-state index contributed by atoms with van der Waals surface area (Å²) >= 11 is 0. The first-order valence-electron chi connectivity index (χ1n) is 16.9. The largest absolute Gasteiger partial charge is 0.462 e. The lowest BCUT2D eigenvalue weighted by atomic mass is 9.61. The maximum absolute atomic E-state index is 12.3. The third kappa shape index (κ3) is 11.2. The molecule has 1 aliphatic heterocycles. The lowest BCUT2D eigenvalue weighted by Crippen LogP contribution is -2.46. The molecule has 0 aromatic heterocycles. The maximum Gasteiger partial charge on any atom is 0.407 e. The predicted molar refractivity (Wildman–Crippen MR) is 176 cm³/mol. The summed E-state index contributed by atoms with van der Waals surface area (Å²) in [5.41, 5.74) is 2.07. The van der Waals surface area contributed by atoms with Crippen LogP contribution in [-0.4, -0.2) is 73.2 Å². The zero-order chi connectivity index (χ0) is 35.4. The van der Waals surface area contributed by atoms with Crippen LogP contribution in [0, 0.1) is 23.7 Å². The normalized spacial score (nSPS) is 28.3. The van der Waals surface area contributed by atoms with Crippen molar-refractivity contribution in [2.24, 2.45) is 23.7 Å². The molecule has 2 N–H and O–H groups in total. The van der Waals surface area contributed by atoms with E-state index in [1.54, 1.807) is 33.8 Å². The molecule has 12 heteroatoms. The molecule has 0 radical (unpaired) electrons. The second kappa shape index (κ2) is 18.4. The van der Waals surface area contributed by atoms with Crippen molar-refractivity contribution in [3.05, 3.63) is 47.6 Å². The number of fused-ring (bicyclic) bond motifs is 2. The van der Waals surface area contributed by atoms with Crippen molar-refractivity contribution in [3.8, 4) is 0 Å². The number of cyclic esters (lactones) is 1. The number of esters is 2. The van der Waals surface area contributed by atoms with Crippen LogP contribution in [0.25, 0.3) is 0 Å². The summed E-state index contributed by atoms with van der Waals surface area (Å²) in [5.74, 6) is -1.08. The van der Waals surface area contributed by atoms with Crippen molar-refractivity contribution >= 4 is 35.7 Å². The van der Waals surface area contributed by atoms with E-state index in [0.29, 0.717) is 26.1 Å². The van der Waals surface area contributed by atoms with Crippen molar-refractivity contribution in [3.63, 3.8) is 0 Å². The molecule has 1 saturated heterocycles. The number of allylic oxidation sites excluding steroid dienone is 3. The van der Waals surface area contributed by atoms with Crippen LogP contribution in [0.3, 0.4) is 0 Å². The Morgan fingerprint density at radius 2 is 1.60 bits per heavy atom. The van der Waals surface area contributed by atoms with E-state index in [1.807, 2.05) is 19.1 Å². The van der Waals surface area contributed by atoms with Crippen LogP contribution >= 0.6 is 0 Å². The number of hydrogen-bond acceptors (Lipinski definition) is 10. The van der Waals surface area contributed by atoms with Crippen LogP contribution < -0.4 is 10.6 Å². The van der Waals surface area contributed by atoms with Gasteiger partial charge in [0.1, 0.15) is 18.0 Å². The lowest BCUT2D eigenvalue weighted by molar-refractivity contribution is -0.143. The standard InChI is InChI=1S/2C18H25NO5/c1-4-23-18(22)19-12-5-6-13-11(7-12)8-14-16(15(13)9(2)20)10(3)24-17(14)21;1-4-23-18(22)19-16-7-5-6-15(12-16)10-11-17(21)24-14(3)9-8-13(2)20/h8,10,12-16H,4-7H2,1-3H3,(H,19,22);6,8-11,14,16H,4-5,7,12H2,1-3H3,(H,19,22)/b;9-8-,11-10+/t10?,12-,13-,14-,15+,16-;14?,16-/m11/s1. The van der Waals surface area contributed by atoms with Crippen LogP contribution in [0.4, 0.5) is 9.59 Å². The van der Waals surface area contributed by atoms with Crippen molar-refractivity contribution in [2.45, 2.75) is 104 Å². The predicted octanol–water partition coefficient (Wildman–Crippen LogP) is 5.07. The Bertz CT molecular complexity index is 1330. The molecule has 12 nitrogen and oxygen atoms in total. The van der Waals surface area contributed by atoms with Gasteiger partial charge < -0.3 is 29.6 Å². The molecule has 1 saturated carbocycles. The quantitative estimate of drug-likeness (QED) is 0.139.